The molecule has 0 unspecified atom stereocenters. The van der Waals surface area contributed by atoms with E-state index in [9.17, 15) is 14.9 Å². The Morgan fingerprint density at radius 2 is 1.96 bits per heavy atom. The lowest BCUT2D eigenvalue weighted by Gasteiger charge is -2.23. The van der Waals surface area contributed by atoms with Gasteiger partial charge in [-0.25, -0.2) is 0 Å². The fourth-order valence-corrected chi connectivity index (χ4v) is 2.68. The summed E-state index contributed by atoms with van der Waals surface area (Å²) in [6, 6.07) is 12.6. The molecule has 0 spiro atoms. The highest BCUT2D eigenvalue weighted by Gasteiger charge is 2.23. The van der Waals surface area contributed by atoms with Gasteiger partial charge in [0.05, 0.1) is 11.5 Å². The number of nitrogens with zero attached hydrogens (tertiary/aromatic N) is 1. The van der Waals surface area contributed by atoms with Crippen LogP contribution in [0.25, 0.3) is 0 Å². The van der Waals surface area contributed by atoms with Crippen LogP contribution in [-0.4, -0.2) is 30.6 Å². The molecule has 2 aromatic rings. The lowest BCUT2D eigenvalue weighted by Crippen LogP contribution is -2.40. The van der Waals surface area contributed by atoms with E-state index in [1.807, 2.05) is 37.3 Å². The molecule has 26 heavy (non-hydrogen) atoms. The number of rotatable bonds is 8. The van der Waals surface area contributed by atoms with E-state index >= 15 is 0 Å². The monoisotopic (exact) mass is 377 g/mol. The van der Waals surface area contributed by atoms with E-state index in [4.69, 9.17) is 16.3 Å². The van der Waals surface area contributed by atoms with E-state index in [0.29, 0.717) is 12.3 Å². The van der Waals surface area contributed by atoms with Crippen molar-refractivity contribution in [3.8, 4) is 0 Å². The summed E-state index contributed by atoms with van der Waals surface area (Å²) in [5.74, 6) is -0.337. The number of ether oxygens (including phenoxy) is 1. The molecular weight excluding hydrogens is 358 g/mol. The van der Waals surface area contributed by atoms with Crippen LogP contribution in [0.4, 0.5) is 11.4 Å². The predicted octanol–water partition coefficient (Wildman–Crippen LogP) is 3.55. The Morgan fingerprint density at radius 1 is 1.27 bits per heavy atom. The molecule has 2 aromatic carbocycles. The van der Waals surface area contributed by atoms with Gasteiger partial charge in [0.1, 0.15) is 11.1 Å². The van der Waals surface area contributed by atoms with Crippen molar-refractivity contribution in [2.24, 2.45) is 0 Å². The number of nitro groups is 1. The van der Waals surface area contributed by atoms with E-state index in [1.165, 1.54) is 18.2 Å². The second kappa shape index (κ2) is 9.28. The molecule has 0 aliphatic rings. The minimum Gasteiger partial charge on any atom is -0.383 e. The number of nitro benzene ring substituents is 1. The fourth-order valence-electron chi connectivity index (χ4n) is 2.50. The van der Waals surface area contributed by atoms with E-state index < -0.39 is 11.0 Å². The molecule has 2 N–H and O–H groups in total. The van der Waals surface area contributed by atoms with Crippen LogP contribution in [0.15, 0.2) is 48.5 Å². The molecule has 0 fully saturated rings. The summed E-state index contributed by atoms with van der Waals surface area (Å²) in [5.41, 5.74) is 0.811. The van der Waals surface area contributed by atoms with Crippen molar-refractivity contribution < 1.29 is 14.5 Å². The first-order chi connectivity index (χ1) is 12.4. The number of anilines is 1. The van der Waals surface area contributed by atoms with Crippen molar-refractivity contribution in [1.29, 1.82) is 0 Å². The molecule has 0 aliphatic heterocycles. The summed E-state index contributed by atoms with van der Waals surface area (Å²) < 4.78 is 5.11. The molecular formula is C18H20ClN3O4. The fraction of sp³-hybridized carbons (Fsp3) is 0.278. The molecule has 8 heteroatoms. The molecule has 0 saturated carbocycles. The molecule has 0 radical (unpaired) electrons. The molecule has 0 bridgehead atoms. The largest absolute Gasteiger partial charge is 0.383 e. The van der Waals surface area contributed by atoms with Crippen LogP contribution in [0.1, 0.15) is 18.5 Å². The SMILES string of the molecule is COC[C@H](C)N[C@@H](C(=O)Nc1ccc(Cl)c([N+](=O)[O-])c1)c1ccccc1. The van der Waals surface area contributed by atoms with E-state index in [0.717, 1.165) is 5.56 Å². The van der Waals surface area contributed by atoms with Crippen LogP contribution in [-0.2, 0) is 9.53 Å². The van der Waals surface area contributed by atoms with Crippen molar-refractivity contribution in [3.63, 3.8) is 0 Å². The summed E-state index contributed by atoms with van der Waals surface area (Å²) >= 11 is 5.81. The highest BCUT2D eigenvalue weighted by Crippen LogP contribution is 2.28. The predicted molar refractivity (Wildman–Crippen MR) is 100 cm³/mol. The Kier molecular flexibility index (Phi) is 7.08. The maximum absolute atomic E-state index is 12.8. The molecule has 7 nitrogen and oxygen atoms in total. The van der Waals surface area contributed by atoms with Crippen LogP contribution in [0.2, 0.25) is 5.02 Å². The molecule has 2 rings (SSSR count). The first-order valence-corrected chi connectivity index (χ1v) is 8.35. The quantitative estimate of drug-likeness (QED) is 0.542. The number of carbonyl (C=O) groups excluding carboxylic acids is 1. The first kappa shape index (κ1) is 19.8. The average Bonchev–Trinajstić information content (AvgIpc) is 2.62. The molecule has 1 amide bonds. The summed E-state index contributed by atoms with van der Waals surface area (Å²) in [4.78, 5) is 23.2. The van der Waals surface area contributed by atoms with Gasteiger partial charge in [0, 0.05) is 24.9 Å². The Bertz CT molecular complexity index is 770. The highest BCUT2D eigenvalue weighted by atomic mass is 35.5. The zero-order chi connectivity index (χ0) is 19.1. The van der Waals surface area contributed by atoms with Gasteiger partial charge >= 0.3 is 0 Å². The van der Waals surface area contributed by atoms with Gasteiger partial charge in [-0.1, -0.05) is 41.9 Å². The van der Waals surface area contributed by atoms with Crippen molar-refractivity contribution in [2.75, 3.05) is 19.0 Å². The van der Waals surface area contributed by atoms with Crippen LogP contribution < -0.4 is 10.6 Å². The second-order valence-electron chi connectivity index (χ2n) is 5.78. The molecule has 0 heterocycles. The van der Waals surface area contributed by atoms with Crippen molar-refractivity contribution >= 4 is 28.9 Å². The number of amides is 1. The van der Waals surface area contributed by atoms with Gasteiger partial charge in [-0.2, -0.15) is 0 Å². The van der Waals surface area contributed by atoms with Gasteiger partial charge < -0.3 is 10.1 Å². The third kappa shape index (κ3) is 5.26. The zero-order valence-electron chi connectivity index (χ0n) is 14.4. The Labute approximate surface area is 156 Å². The zero-order valence-corrected chi connectivity index (χ0v) is 15.2. The average molecular weight is 378 g/mol. The lowest BCUT2D eigenvalue weighted by molar-refractivity contribution is -0.384. The summed E-state index contributed by atoms with van der Waals surface area (Å²) in [6.45, 7) is 2.34. The first-order valence-electron chi connectivity index (χ1n) is 7.97. The number of nitrogens with one attached hydrogen (secondary N) is 2. The van der Waals surface area contributed by atoms with Crippen molar-refractivity contribution in [1.82, 2.24) is 5.32 Å². The van der Waals surface area contributed by atoms with Crippen LogP contribution in [0, 0.1) is 10.1 Å². The van der Waals surface area contributed by atoms with Gasteiger partial charge in [0.15, 0.2) is 0 Å². The third-order valence-electron chi connectivity index (χ3n) is 3.67. The molecule has 0 saturated heterocycles. The number of methoxy groups -OCH3 is 1. The summed E-state index contributed by atoms with van der Waals surface area (Å²) in [7, 11) is 1.59. The standard InChI is InChI=1S/C18H20ClN3O4/c1-12(11-26-2)20-17(13-6-4-3-5-7-13)18(23)21-14-8-9-15(19)16(10-14)22(24)25/h3-10,12,17,20H,11H2,1-2H3,(H,21,23)/t12-,17+/m0/s1. The third-order valence-corrected chi connectivity index (χ3v) is 3.99. The second-order valence-corrected chi connectivity index (χ2v) is 6.19. The van der Waals surface area contributed by atoms with Gasteiger partial charge in [-0.15, -0.1) is 0 Å². The number of hydrogen-bond donors (Lipinski definition) is 2. The Balaban J connectivity index is 2.23. The van der Waals surface area contributed by atoms with Crippen LogP contribution in [0.5, 0.6) is 0 Å². The van der Waals surface area contributed by atoms with Gasteiger partial charge in [-0.3, -0.25) is 20.2 Å². The smallest absolute Gasteiger partial charge is 0.289 e. The van der Waals surface area contributed by atoms with E-state index in [-0.39, 0.29) is 22.7 Å². The van der Waals surface area contributed by atoms with Crippen molar-refractivity contribution in [2.45, 2.75) is 19.0 Å². The number of hydrogen-bond acceptors (Lipinski definition) is 5. The maximum atomic E-state index is 12.8. The topological polar surface area (TPSA) is 93.5 Å². The molecule has 2 atom stereocenters. The van der Waals surface area contributed by atoms with Gasteiger partial charge in [-0.05, 0) is 24.6 Å². The van der Waals surface area contributed by atoms with Gasteiger partial charge in [0.25, 0.3) is 5.69 Å². The molecule has 138 valence electrons. The van der Waals surface area contributed by atoms with E-state index in [1.54, 1.807) is 7.11 Å². The number of benzene rings is 2. The summed E-state index contributed by atoms with van der Waals surface area (Å²) in [6.07, 6.45) is 0. The minimum absolute atomic E-state index is 0.0134. The lowest BCUT2D eigenvalue weighted by atomic mass is 10.0. The highest BCUT2D eigenvalue weighted by molar-refractivity contribution is 6.32. The van der Waals surface area contributed by atoms with Gasteiger partial charge in [0.2, 0.25) is 5.91 Å². The van der Waals surface area contributed by atoms with Crippen molar-refractivity contribution in [3.05, 3.63) is 69.2 Å². The Morgan fingerprint density at radius 3 is 2.58 bits per heavy atom. The minimum atomic E-state index is -0.643. The number of carbonyl (C=O) groups is 1. The van der Waals surface area contributed by atoms with E-state index in [2.05, 4.69) is 10.6 Å². The summed E-state index contributed by atoms with van der Waals surface area (Å²) in [5, 5.41) is 16.9. The molecule has 0 aromatic heterocycles. The van der Waals surface area contributed by atoms with Crippen LogP contribution in [0.3, 0.4) is 0 Å². The maximum Gasteiger partial charge on any atom is 0.289 e. The van der Waals surface area contributed by atoms with Crippen LogP contribution >= 0.6 is 11.6 Å². The normalized spacial score (nSPS) is 13.0. The Hall–Kier alpha value is -2.48. The molecule has 0 aliphatic carbocycles. The number of halogens is 1.